The van der Waals surface area contributed by atoms with Crippen molar-refractivity contribution in [1.29, 1.82) is 0 Å². The molecule has 0 amide bonds. The fourth-order valence-corrected chi connectivity index (χ4v) is 2.12. The minimum absolute atomic E-state index is 0.204. The van der Waals surface area contributed by atoms with Gasteiger partial charge in [0.05, 0.1) is 6.61 Å². The summed E-state index contributed by atoms with van der Waals surface area (Å²) in [4.78, 5) is 4.81. The highest BCUT2D eigenvalue weighted by molar-refractivity contribution is 5.49. The number of hydrogen-bond donors (Lipinski definition) is 0. The van der Waals surface area contributed by atoms with E-state index < -0.39 is 0 Å². The molecule has 0 bridgehead atoms. The number of likely N-dealkylation sites (N-methyl/N-ethyl adjacent to an activating group) is 1. The van der Waals surface area contributed by atoms with Gasteiger partial charge < -0.3 is 14.5 Å². The van der Waals surface area contributed by atoms with Crippen molar-refractivity contribution in [1.82, 2.24) is 4.90 Å². The number of benzene rings is 1. The molecule has 1 aromatic rings. The van der Waals surface area contributed by atoms with Crippen molar-refractivity contribution in [2.24, 2.45) is 5.41 Å². The molecule has 0 atom stereocenters. The van der Waals surface area contributed by atoms with E-state index in [2.05, 4.69) is 61.9 Å². The van der Waals surface area contributed by atoms with Crippen LogP contribution in [0.2, 0.25) is 0 Å². The minimum Gasteiger partial charge on any atom is -0.493 e. The third kappa shape index (κ3) is 4.43. The van der Waals surface area contributed by atoms with E-state index in [1.54, 1.807) is 0 Å². The zero-order valence-corrected chi connectivity index (χ0v) is 12.6. The van der Waals surface area contributed by atoms with E-state index in [0.717, 1.165) is 38.5 Å². The molecule has 106 valence electrons. The second-order valence-corrected chi connectivity index (χ2v) is 6.63. The van der Waals surface area contributed by atoms with Crippen molar-refractivity contribution >= 4 is 5.69 Å². The van der Waals surface area contributed by atoms with Crippen LogP contribution in [-0.4, -0.2) is 44.7 Å². The van der Waals surface area contributed by atoms with Crippen LogP contribution in [0.3, 0.4) is 0 Å². The first-order chi connectivity index (χ1) is 8.94. The van der Waals surface area contributed by atoms with Gasteiger partial charge in [0.2, 0.25) is 0 Å². The average Bonchev–Trinajstić information content (AvgIpc) is 2.37. The van der Waals surface area contributed by atoms with Gasteiger partial charge in [0.25, 0.3) is 0 Å². The summed E-state index contributed by atoms with van der Waals surface area (Å²) in [5.74, 6) is 0.966. The lowest BCUT2D eigenvalue weighted by Crippen LogP contribution is -2.44. The number of nitrogens with zero attached hydrogens (tertiary/aromatic N) is 2. The van der Waals surface area contributed by atoms with Gasteiger partial charge in [0.1, 0.15) is 5.75 Å². The van der Waals surface area contributed by atoms with E-state index in [9.17, 15) is 0 Å². The van der Waals surface area contributed by atoms with Crippen LogP contribution in [0.15, 0.2) is 24.3 Å². The molecule has 0 N–H and O–H groups in total. The van der Waals surface area contributed by atoms with Crippen molar-refractivity contribution in [2.45, 2.75) is 20.8 Å². The smallest absolute Gasteiger partial charge is 0.119 e. The molecule has 1 aromatic carbocycles. The monoisotopic (exact) mass is 262 g/mol. The predicted molar refractivity (Wildman–Crippen MR) is 81.1 cm³/mol. The van der Waals surface area contributed by atoms with Gasteiger partial charge >= 0.3 is 0 Å². The number of ether oxygens (including phenoxy) is 1. The third-order valence-electron chi connectivity index (χ3n) is 3.38. The molecule has 0 radical (unpaired) electrons. The number of anilines is 1. The molecule has 1 saturated heterocycles. The van der Waals surface area contributed by atoms with E-state index in [1.807, 2.05) is 0 Å². The Morgan fingerprint density at radius 3 is 2.11 bits per heavy atom. The van der Waals surface area contributed by atoms with Crippen LogP contribution < -0.4 is 9.64 Å². The van der Waals surface area contributed by atoms with Crippen LogP contribution in [0.5, 0.6) is 5.75 Å². The van der Waals surface area contributed by atoms with Gasteiger partial charge in [-0.2, -0.15) is 0 Å². The SMILES string of the molecule is CN1CCN(c2ccc(OCC(C)(C)C)cc2)CC1. The Morgan fingerprint density at radius 1 is 1.00 bits per heavy atom. The average molecular weight is 262 g/mol. The second-order valence-electron chi connectivity index (χ2n) is 6.63. The van der Waals surface area contributed by atoms with Crippen LogP contribution in [0.25, 0.3) is 0 Å². The summed E-state index contributed by atoms with van der Waals surface area (Å²) in [5, 5.41) is 0. The van der Waals surface area contributed by atoms with Crippen molar-refractivity contribution in [3.63, 3.8) is 0 Å². The quantitative estimate of drug-likeness (QED) is 0.833. The fraction of sp³-hybridized carbons (Fsp3) is 0.625. The van der Waals surface area contributed by atoms with Gasteiger partial charge in [-0.15, -0.1) is 0 Å². The lowest BCUT2D eigenvalue weighted by Gasteiger charge is -2.34. The third-order valence-corrected chi connectivity index (χ3v) is 3.38. The molecular formula is C16H26N2O. The van der Waals surface area contributed by atoms with Gasteiger partial charge in [-0.1, -0.05) is 20.8 Å². The summed E-state index contributed by atoms with van der Waals surface area (Å²) in [6.45, 7) is 11.8. The maximum atomic E-state index is 5.80. The van der Waals surface area contributed by atoms with Crippen molar-refractivity contribution in [2.75, 3.05) is 44.7 Å². The molecule has 0 spiro atoms. The van der Waals surface area contributed by atoms with Crippen molar-refractivity contribution in [3.8, 4) is 5.75 Å². The van der Waals surface area contributed by atoms with Crippen LogP contribution >= 0.6 is 0 Å². The maximum Gasteiger partial charge on any atom is 0.119 e. The van der Waals surface area contributed by atoms with E-state index in [0.29, 0.717) is 0 Å². The Hall–Kier alpha value is -1.22. The maximum absolute atomic E-state index is 5.80. The van der Waals surface area contributed by atoms with E-state index in [4.69, 9.17) is 4.74 Å². The van der Waals surface area contributed by atoms with Crippen LogP contribution in [0, 0.1) is 5.41 Å². The van der Waals surface area contributed by atoms with E-state index >= 15 is 0 Å². The van der Waals surface area contributed by atoms with Crippen LogP contribution in [0.1, 0.15) is 20.8 Å². The van der Waals surface area contributed by atoms with E-state index in [-0.39, 0.29) is 5.41 Å². The summed E-state index contributed by atoms with van der Waals surface area (Å²) in [5.41, 5.74) is 1.51. The molecule has 3 nitrogen and oxygen atoms in total. The molecule has 1 fully saturated rings. The zero-order chi connectivity index (χ0) is 13.9. The van der Waals surface area contributed by atoms with E-state index in [1.165, 1.54) is 5.69 Å². The van der Waals surface area contributed by atoms with Gasteiger partial charge in [-0.3, -0.25) is 0 Å². The molecule has 0 unspecified atom stereocenters. The molecule has 0 aromatic heterocycles. The molecule has 0 saturated carbocycles. The molecule has 0 aliphatic carbocycles. The topological polar surface area (TPSA) is 15.7 Å². The van der Waals surface area contributed by atoms with Gasteiger partial charge in [0, 0.05) is 31.9 Å². The first kappa shape index (κ1) is 14.2. The largest absolute Gasteiger partial charge is 0.493 e. The summed E-state index contributed by atoms with van der Waals surface area (Å²) in [6.07, 6.45) is 0. The molecule has 19 heavy (non-hydrogen) atoms. The molecule has 1 heterocycles. The number of piperazine rings is 1. The Bertz CT molecular complexity index is 386. The normalized spacial score (nSPS) is 17.6. The molecule has 1 aliphatic heterocycles. The van der Waals surface area contributed by atoms with Crippen molar-refractivity contribution < 1.29 is 4.74 Å². The Morgan fingerprint density at radius 2 is 1.58 bits per heavy atom. The minimum atomic E-state index is 0.204. The lowest BCUT2D eigenvalue weighted by molar-refractivity contribution is 0.198. The van der Waals surface area contributed by atoms with Crippen LogP contribution in [0.4, 0.5) is 5.69 Å². The number of hydrogen-bond acceptors (Lipinski definition) is 3. The van der Waals surface area contributed by atoms with Gasteiger partial charge in [-0.25, -0.2) is 0 Å². The zero-order valence-electron chi connectivity index (χ0n) is 12.6. The summed E-state index contributed by atoms with van der Waals surface area (Å²) < 4.78 is 5.80. The highest BCUT2D eigenvalue weighted by Crippen LogP contribution is 2.22. The van der Waals surface area contributed by atoms with Crippen LogP contribution in [-0.2, 0) is 0 Å². The summed E-state index contributed by atoms with van der Waals surface area (Å²) >= 11 is 0. The highest BCUT2D eigenvalue weighted by Gasteiger charge is 2.14. The lowest BCUT2D eigenvalue weighted by atomic mass is 9.99. The molecule has 2 rings (SSSR count). The summed E-state index contributed by atoms with van der Waals surface area (Å²) in [6, 6.07) is 8.51. The fourth-order valence-electron chi connectivity index (χ4n) is 2.12. The highest BCUT2D eigenvalue weighted by atomic mass is 16.5. The standard InChI is InChI=1S/C16H26N2O/c1-16(2,3)13-19-15-7-5-14(6-8-15)18-11-9-17(4)10-12-18/h5-8H,9-13H2,1-4H3. The molecule has 1 aliphatic rings. The second kappa shape index (κ2) is 5.83. The summed E-state index contributed by atoms with van der Waals surface area (Å²) in [7, 11) is 2.18. The van der Waals surface area contributed by atoms with Gasteiger partial charge in [0.15, 0.2) is 0 Å². The number of rotatable bonds is 3. The Balaban J connectivity index is 1.91. The molecular weight excluding hydrogens is 236 g/mol. The Labute approximate surface area is 117 Å². The van der Waals surface area contributed by atoms with Crippen molar-refractivity contribution in [3.05, 3.63) is 24.3 Å². The molecule has 3 heteroatoms. The first-order valence-electron chi connectivity index (χ1n) is 7.10. The predicted octanol–water partition coefficient (Wildman–Crippen LogP) is 2.86. The first-order valence-corrected chi connectivity index (χ1v) is 7.10. The van der Waals surface area contributed by atoms with Gasteiger partial charge in [-0.05, 0) is 36.7 Å². The Kier molecular flexibility index (Phi) is 4.35.